The van der Waals surface area contributed by atoms with Gasteiger partial charge in [-0.1, -0.05) is 5.92 Å². The van der Waals surface area contributed by atoms with Crippen LogP contribution in [0.3, 0.4) is 0 Å². The van der Waals surface area contributed by atoms with Gasteiger partial charge in [0.2, 0.25) is 5.91 Å². The van der Waals surface area contributed by atoms with Crippen molar-refractivity contribution in [2.75, 3.05) is 13.2 Å². The molecule has 0 spiro atoms. The van der Waals surface area contributed by atoms with Crippen molar-refractivity contribution in [1.82, 2.24) is 5.32 Å². The van der Waals surface area contributed by atoms with Crippen LogP contribution in [-0.2, 0) is 14.3 Å². The molecule has 1 saturated heterocycles. The van der Waals surface area contributed by atoms with Gasteiger partial charge in [0.15, 0.2) is 6.61 Å². The summed E-state index contributed by atoms with van der Waals surface area (Å²) in [6, 6.07) is 0. The molecule has 1 fully saturated rings. The lowest BCUT2D eigenvalue weighted by molar-refractivity contribution is -0.146. The van der Waals surface area contributed by atoms with Crippen LogP contribution in [0.1, 0.15) is 6.42 Å². The van der Waals surface area contributed by atoms with Crippen LogP contribution in [0, 0.1) is 18.3 Å². The molecule has 0 bridgehead atoms. The summed E-state index contributed by atoms with van der Waals surface area (Å²) in [6.07, 6.45) is 5.10. The summed E-state index contributed by atoms with van der Waals surface area (Å²) in [7, 11) is 0. The summed E-state index contributed by atoms with van der Waals surface area (Å²) in [4.78, 5) is 21.7. The number of rotatable bonds is 2. The van der Waals surface area contributed by atoms with Crippen molar-refractivity contribution in [1.29, 1.82) is 0 Å². The highest BCUT2D eigenvalue weighted by Gasteiger charge is 2.28. The molecule has 0 aliphatic carbocycles. The number of esters is 1. The van der Waals surface area contributed by atoms with Crippen LogP contribution < -0.4 is 5.32 Å². The standard InChI is InChI=1S/C8H9NO3/c1-2-3-12-8(11)6-4-7(10)9-5-6/h1,6H,3-5H2,(H,9,10). The summed E-state index contributed by atoms with van der Waals surface area (Å²) in [6.45, 7) is 0.339. The van der Waals surface area contributed by atoms with Crippen molar-refractivity contribution in [3.05, 3.63) is 0 Å². The third-order valence-electron chi connectivity index (χ3n) is 1.61. The zero-order valence-electron chi connectivity index (χ0n) is 6.50. The van der Waals surface area contributed by atoms with E-state index in [0.717, 1.165) is 0 Å². The number of carbonyl (C=O) groups is 2. The van der Waals surface area contributed by atoms with Gasteiger partial charge < -0.3 is 10.1 Å². The highest BCUT2D eigenvalue weighted by molar-refractivity contribution is 5.86. The molecule has 1 aliphatic heterocycles. The molecule has 0 saturated carbocycles. The number of nitrogens with one attached hydrogen (secondary N) is 1. The lowest BCUT2D eigenvalue weighted by Crippen LogP contribution is -2.20. The predicted molar refractivity (Wildman–Crippen MR) is 40.9 cm³/mol. The average molecular weight is 167 g/mol. The molecule has 1 heterocycles. The summed E-state index contributed by atoms with van der Waals surface area (Å²) in [5.74, 6) is 1.32. The highest BCUT2D eigenvalue weighted by Crippen LogP contribution is 2.10. The van der Waals surface area contributed by atoms with Gasteiger partial charge in [0.25, 0.3) is 0 Å². The fourth-order valence-corrected chi connectivity index (χ4v) is 1.00. The second kappa shape index (κ2) is 3.77. The molecule has 4 heteroatoms. The first-order chi connectivity index (χ1) is 5.74. The Labute approximate surface area is 70.3 Å². The number of hydrogen-bond donors (Lipinski definition) is 1. The molecule has 1 unspecified atom stereocenters. The molecule has 64 valence electrons. The first kappa shape index (κ1) is 8.60. The molecular formula is C8H9NO3. The lowest BCUT2D eigenvalue weighted by Gasteiger charge is -2.04. The van der Waals surface area contributed by atoms with Crippen LogP contribution in [0.5, 0.6) is 0 Å². The lowest BCUT2D eigenvalue weighted by atomic mass is 10.1. The zero-order chi connectivity index (χ0) is 8.97. The minimum absolute atomic E-state index is 0.0243. The normalized spacial score (nSPS) is 21.2. The fraction of sp³-hybridized carbons (Fsp3) is 0.500. The van der Waals surface area contributed by atoms with E-state index in [1.54, 1.807) is 0 Å². The second-order valence-corrected chi connectivity index (χ2v) is 2.52. The quantitative estimate of drug-likeness (QED) is 0.437. The largest absolute Gasteiger partial charge is 0.452 e. The molecule has 0 aromatic carbocycles. The van der Waals surface area contributed by atoms with E-state index in [1.807, 2.05) is 0 Å². The minimum Gasteiger partial charge on any atom is -0.452 e. The van der Waals surface area contributed by atoms with E-state index in [1.165, 1.54) is 0 Å². The van der Waals surface area contributed by atoms with Gasteiger partial charge in [-0.15, -0.1) is 6.42 Å². The molecule has 1 N–H and O–H groups in total. The van der Waals surface area contributed by atoms with Gasteiger partial charge in [0.1, 0.15) is 0 Å². The van der Waals surface area contributed by atoms with E-state index in [-0.39, 0.29) is 24.9 Å². The van der Waals surface area contributed by atoms with E-state index in [4.69, 9.17) is 6.42 Å². The van der Waals surface area contributed by atoms with E-state index in [9.17, 15) is 9.59 Å². The van der Waals surface area contributed by atoms with Crippen molar-refractivity contribution >= 4 is 11.9 Å². The molecule has 4 nitrogen and oxygen atoms in total. The Kier molecular flexibility index (Phi) is 2.70. The number of carbonyl (C=O) groups excluding carboxylic acids is 2. The molecule has 1 amide bonds. The van der Waals surface area contributed by atoms with E-state index < -0.39 is 5.97 Å². The smallest absolute Gasteiger partial charge is 0.312 e. The van der Waals surface area contributed by atoms with Crippen LogP contribution in [0.25, 0.3) is 0 Å². The molecule has 12 heavy (non-hydrogen) atoms. The van der Waals surface area contributed by atoms with Crippen molar-refractivity contribution in [2.45, 2.75) is 6.42 Å². The Morgan fingerprint density at radius 3 is 3.08 bits per heavy atom. The second-order valence-electron chi connectivity index (χ2n) is 2.52. The fourth-order valence-electron chi connectivity index (χ4n) is 1.00. The van der Waals surface area contributed by atoms with Gasteiger partial charge in [-0.3, -0.25) is 9.59 Å². The molecule has 0 aromatic rings. The summed E-state index contributed by atoms with van der Waals surface area (Å²) in [5.41, 5.74) is 0. The van der Waals surface area contributed by atoms with Crippen LogP contribution in [0.4, 0.5) is 0 Å². The van der Waals surface area contributed by atoms with Gasteiger partial charge in [-0.25, -0.2) is 0 Å². The zero-order valence-corrected chi connectivity index (χ0v) is 6.50. The van der Waals surface area contributed by atoms with Gasteiger partial charge in [-0.2, -0.15) is 0 Å². The Hall–Kier alpha value is -1.50. The first-order valence-corrected chi connectivity index (χ1v) is 3.61. The van der Waals surface area contributed by atoms with Crippen molar-refractivity contribution in [3.8, 4) is 12.3 Å². The van der Waals surface area contributed by atoms with Gasteiger partial charge >= 0.3 is 5.97 Å². The summed E-state index contributed by atoms with van der Waals surface area (Å²) in [5, 5.41) is 2.54. The number of terminal acetylenes is 1. The topological polar surface area (TPSA) is 55.4 Å². The Balaban J connectivity index is 2.34. The van der Waals surface area contributed by atoms with Gasteiger partial charge in [0.05, 0.1) is 5.92 Å². The first-order valence-electron chi connectivity index (χ1n) is 3.61. The molecule has 1 rings (SSSR count). The van der Waals surface area contributed by atoms with E-state index in [2.05, 4.69) is 16.0 Å². The maximum absolute atomic E-state index is 11.0. The molecule has 0 radical (unpaired) electrons. The van der Waals surface area contributed by atoms with Crippen LogP contribution in [0.2, 0.25) is 0 Å². The molecule has 1 atom stereocenters. The van der Waals surface area contributed by atoms with Gasteiger partial charge in [-0.05, 0) is 0 Å². The van der Waals surface area contributed by atoms with Crippen molar-refractivity contribution in [3.63, 3.8) is 0 Å². The molecular weight excluding hydrogens is 158 g/mol. The van der Waals surface area contributed by atoms with Crippen LogP contribution >= 0.6 is 0 Å². The average Bonchev–Trinajstić information content (AvgIpc) is 2.47. The van der Waals surface area contributed by atoms with Crippen LogP contribution in [0.15, 0.2) is 0 Å². The predicted octanol–water partition coefficient (Wildman–Crippen LogP) is -0.701. The maximum Gasteiger partial charge on any atom is 0.312 e. The summed E-state index contributed by atoms with van der Waals surface area (Å²) >= 11 is 0. The monoisotopic (exact) mass is 167 g/mol. The number of ether oxygens (including phenoxy) is 1. The van der Waals surface area contributed by atoms with Crippen molar-refractivity contribution < 1.29 is 14.3 Å². The van der Waals surface area contributed by atoms with Gasteiger partial charge in [0, 0.05) is 13.0 Å². The third-order valence-corrected chi connectivity index (χ3v) is 1.61. The number of amides is 1. The van der Waals surface area contributed by atoms with E-state index in [0.29, 0.717) is 6.54 Å². The summed E-state index contributed by atoms with van der Waals surface area (Å²) < 4.78 is 4.66. The Bertz CT molecular complexity index is 241. The third kappa shape index (κ3) is 1.99. The Morgan fingerprint density at radius 2 is 2.58 bits per heavy atom. The maximum atomic E-state index is 11.0. The van der Waals surface area contributed by atoms with Crippen molar-refractivity contribution in [2.24, 2.45) is 5.92 Å². The number of hydrogen-bond acceptors (Lipinski definition) is 3. The Morgan fingerprint density at radius 1 is 1.83 bits per heavy atom. The molecule has 1 aliphatic rings. The minimum atomic E-state index is -0.397. The SMILES string of the molecule is C#CCOC(=O)C1CNC(=O)C1. The van der Waals surface area contributed by atoms with E-state index >= 15 is 0 Å². The molecule has 0 aromatic heterocycles. The highest BCUT2D eigenvalue weighted by atomic mass is 16.5. The van der Waals surface area contributed by atoms with Crippen LogP contribution in [-0.4, -0.2) is 25.0 Å².